The molecule has 2 aromatic heterocycles. The molecule has 21 heavy (non-hydrogen) atoms. The lowest BCUT2D eigenvalue weighted by Crippen LogP contribution is -2.21. The number of aromatic amines is 1. The van der Waals surface area contributed by atoms with Gasteiger partial charge in [0.1, 0.15) is 5.82 Å². The van der Waals surface area contributed by atoms with Crippen LogP contribution in [0.1, 0.15) is 42.9 Å². The highest BCUT2D eigenvalue weighted by Crippen LogP contribution is 2.21. The van der Waals surface area contributed by atoms with Crippen molar-refractivity contribution < 1.29 is 4.79 Å². The highest BCUT2D eigenvalue weighted by Gasteiger charge is 2.16. The fourth-order valence-electron chi connectivity index (χ4n) is 2.02. The minimum Gasteiger partial charge on any atom is -0.326 e. The standard InChI is InChI=1S/C15H20N4O2/c1-9(2)11(4)19-13(5-6-16-19)18-15(21)12-7-10(3)17-14(20)8-12/h5-9,11H,1-4H3,(H,17,20)(H,18,21)/t11-/m0/s1. The van der Waals surface area contributed by atoms with E-state index in [0.717, 1.165) is 0 Å². The van der Waals surface area contributed by atoms with Crippen LogP contribution in [0.2, 0.25) is 0 Å². The summed E-state index contributed by atoms with van der Waals surface area (Å²) in [7, 11) is 0. The average molecular weight is 288 g/mol. The number of aryl methyl sites for hydroxylation is 1. The first-order chi connectivity index (χ1) is 9.88. The van der Waals surface area contributed by atoms with Gasteiger partial charge in [-0.2, -0.15) is 5.10 Å². The van der Waals surface area contributed by atoms with Gasteiger partial charge in [-0.3, -0.25) is 9.59 Å². The van der Waals surface area contributed by atoms with Gasteiger partial charge >= 0.3 is 0 Å². The molecule has 0 aliphatic heterocycles. The lowest BCUT2D eigenvalue weighted by Gasteiger charge is -2.19. The second-order valence-electron chi connectivity index (χ2n) is 5.52. The Morgan fingerprint density at radius 1 is 1.33 bits per heavy atom. The Labute approximate surface area is 123 Å². The van der Waals surface area contributed by atoms with Crippen LogP contribution in [0.25, 0.3) is 0 Å². The van der Waals surface area contributed by atoms with Crippen LogP contribution in [-0.4, -0.2) is 20.7 Å². The summed E-state index contributed by atoms with van der Waals surface area (Å²) in [6.45, 7) is 7.98. The van der Waals surface area contributed by atoms with Crippen molar-refractivity contribution in [1.29, 1.82) is 0 Å². The fraction of sp³-hybridized carbons (Fsp3) is 0.400. The molecule has 0 saturated heterocycles. The van der Waals surface area contributed by atoms with Crippen molar-refractivity contribution in [1.82, 2.24) is 14.8 Å². The van der Waals surface area contributed by atoms with Crippen LogP contribution in [0.15, 0.2) is 29.2 Å². The molecule has 112 valence electrons. The van der Waals surface area contributed by atoms with E-state index >= 15 is 0 Å². The first-order valence-corrected chi connectivity index (χ1v) is 6.94. The lowest BCUT2D eigenvalue weighted by atomic mass is 10.1. The number of nitrogens with zero attached hydrogens (tertiary/aromatic N) is 2. The predicted octanol–water partition coefficient (Wildman–Crippen LogP) is 2.35. The van der Waals surface area contributed by atoms with Crippen molar-refractivity contribution in [3.05, 3.63) is 46.0 Å². The molecule has 6 nitrogen and oxygen atoms in total. The third-order valence-electron chi connectivity index (χ3n) is 3.50. The van der Waals surface area contributed by atoms with E-state index in [9.17, 15) is 9.59 Å². The largest absolute Gasteiger partial charge is 0.326 e. The van der Waals surface area contributed by atoms with E-state index < -0.39 is 0 Å². The second-order valence-corrected chi connectivity index (χ2v) is 5.52. The molecule has 1 atom stereocenters. The molecule has 0 spiro atoms. The second kappa shape index (κ2) is 5.95. The Hall–Kier alpha value is -2.37. The van der Waals surface area contributed by atoms with Crippen molar-refractivity contribution in [3.8, 4) is 0 Å². The molecule has 0 aliphatic rings. The van der Waals surface area contributed by atoms with Gasteiger partial charge < -0.3 is 10.3 Å². The molecule has 2 N–H and O–H groups in total. The topological polar surface area (TPSA) is 79.8 Å². The van der Waals surface area contributed by atoms with Crippen LogP contribution in [0.5, 0.6) is 0 Å². The predicted molar refractivity (Wildman–Crippen MR) is 81.5 cm³/mol. The lowest BCUT2D eigenvalue weighted by molar-refractivity contribution is 0.102. The summed E-state index contributed by atoms with van der Waals surface area (Å²) in [6, 6.07) is 4.84. The Morgan fingerprint density at radius 2 is 2.05 bits per heavy atom. The number of anilines is 1. The smallest absolute Gasteiger partial charge is 0.257 e. The van der Waals surface area contributed by atoms with Gasteiger partial charge in [0, 0.05) is 23.4 Å². The van der Waals surface area contributed by atoms with E-state index in [1.165, 1.54) is 6.07 Å². The minimum absolute atomic E-state index is 0.163. The first-order valence-electron chi connectivity index (χ1n) is 6.94. The van der Waals surface area contributed by atoms with Crippen LogP contribution in [0, 0.1) is 12.8 Å². The van der Waals surface area contributed by atoms with Gasteiger partial charge in [0.2, 0.25) is 5.56 Å². The van der Waals surface area contributed by atoms with Gasteiger partial charge in [0.25, 0.3) is 5.91 Å². The Bertz CT molecular complexity index is 700. The van der Waals surface area contributed by atoms with Gasteiger partial charge in [-0.1, -0.05) is 13.8 Å². The monoisotopic (exact) mass is 288 g/mol. The molecular weight excluding hydrogens is 268 g/mol. The molecule has 0 fully saturated rings. The molecule has 0 unspecified atom stereocenters. The highest BCUT2D eigenvalue weighted by atomic mass is 16.2. The van der Waals surface area contributed by atoms with Gasteiger partial charge in [-0.15, -0.1) is 0 Å². The zero-order valence-electron chi connectivity index (χ0n) is 12.7. The summed E-state index contributed by atoms with van der Waals surface area (Å²) in [5.41, 5.74) is 0.696. The molecule has 2 heterocycles. The number of amides is 1. The Kier molecular flexibility index (Phi) is 4.26. The van der Waals surface area contributed by atoms with Crippen LogP contribution in [0.4, 0.5) is 5.82 Å². The zero-order valence-corrected chi connectivity index (χ0v) is 12.7. The van der Waals surface area contributed by atoms with Gasteiger partial charge in [-0.25, -0.2) is 4.68 Å². The highest BCUT2D eigenvalue weighted by molar-refractivity contribution is 6.03. The molecule has 2 rings (SSSR count). The van der Waals surface area contributed by atoms with Crippen LogP contribution >= 0.6 is 0 Å². The molecule has 0 radical (unpaired) electrons. The number of H-pyrrole nitrogens is 1. The summed E-state index contributed by atoms with van der Waals surface area (Å²) >= 11 is 0. The fourth-order valence-corrected chi connectivity index (χ4v) is 2.02. The van der Waals surface area contributed by atoms with Crippen molar-refractivity contribution in [2.24, 2.45) is 5.92 Å². The summed E-state index contributed by atoms with van der Waals surface area (Å²) in [6.07, 6.45) is 1.65. The van der Waals surface area contributed by atoms with E-state index in [-0.39, 0.29) is 17.5 Å². The van der Waals surface area contributed by atoms with Gasteiger partial charge in [-0.05, 0) is 25.8 Å². The summed E-state index contributed by atoms with van der Waals surface area (Å²) in [4.78, 5) is 26.3. The van der Waals surface area contributed by atoms with E-state index in [2.05, 4.69) is 29.2 Å². The van der Waals surface area contributed by atoms with E-state index in [1.54, 1.807) is 29.9 Å². The van der Waals surface area contributed by atoms with Crippen molar-refractivity contribution >= 4 is 11.7 Å². The Balaban J connectivity index is 2.24. The SMILES string of the molecule is Cc1cc(C(=O)Nc2ccnn2[C@@H](C)C(C)C)cc(=O)[nH]1. The summed E-state index contributed by atoms with van der Waals surface area (Å²) in [5, 5.41) is 7.06. The van der Waals surface area contributed by atoms with Crippen LogP contribution in [0.3, 0.4) is 0 Å². The number of pyridine rings is 1. The number of aromatic nitrogens is 3. The molecule has 0 saturated carbocycles. The normalized spacial score (nSPS) is 12.4. The molecular formula is C15H20N4O2. The maximum absolute atomic E-state index is 12.3. The summed E-state index contributed by atoms with van der Waals surface area (Å²) in [5.74, 6) is 0.698. The summed E-state index contributed by atoms with van der Waals surface area (Å²) < 4.78 is 1.78. The number of hydrogen-bond acceptors (Lipinski definition) is 3. The third kappa shape index (κ3) is 3.39. The van der Waals surface area contributed by atoms with Crippen molar-refractivity contribution in [2.75, 3.05) is 5.32 Å². The molecule has 0 bridgehead atoms. The van der Waals surface area contributed by atoms with E-state index in [4.69, 9.17) is 0 Å². The molecule has 1 amide bonds. The maximum Gasteiger partial charge on any atom is 0.257 e. The first kappa shape index (κ1) is 15.0. The Morgan fingerprint density at radius 3 is 2.67 bits per heavy atom. The molecule has 0 aliphatic carbocycles. The van der Waals surface area contributed by atoms with Crippen molar-refractivity contribution in [3.63, 3.8) is 0 Å². The van der Waals surface area contributed by atoms with Gasteiger partial charge in [0.05, 0.1) is 12.2 Å². The van der Waals surface area contributed by atoms with Gasteiger partial charge in [0.15, 0.2) is 0 Å². The van der Waals surface area contributed by atoms with E-state index in [1.807, 2.05) is 6.92 Å². The minimum atomic E-state index is -0.318. The quantitative estimate of drug-likeness (QED) is 0.906. The average Bonchev–Trinajstić information content (AvgIpc) is 2.84. The van der Waals surface area contributed by atoms with Crippen LogP contribution < -0.4 is 10.9 Å². The number of carbonyl (C=O) groups excluding carboxylic acids is 1. The molecule has 0 aromatic carbocycles. The number of rotatable bonds is 4. The zero-order chi connectivity index (χ0) is 15.6. The molecule has 6 heteroatoms. The van der Waals surface area contributed by atoms with Crippen molar-refractivity contribution in [2.45, 2.75) is 33.7 Å². The number of hydrogen-bond donors (Lipinski definition) is 2. The number of carbonyl (C=O) groups is 1. The molecule has 2 aromatic rings. The third-order valence-corrected chi connectivity index (χ3v) is 3.50. The van der Waals surface area contributed by atoms with E-state index in [0.29, 0.717) is 23.0 Å². The van der Waals surface area contributed by atoms with Crippen LogP contribution in [-0.2, 0) is 0 Å². The maximum atomic E-state index is 12.3. The number of nitrogens with one attached hydrogen (secondary N) is 2.